The van der Waals surface area contributed by atoms with Crippen molar-refractivity contribution in [1.29, 1.82) is 0 Å². The van der Waals surface area contributed by atoms with Gasteiger partial charge in [-0.05, 0) is 166 Å². The van der Waals surface area contributed by atoms with Crippen LogP contribution in [0.4, 0.5) is 0 Å². The standard InChI is InChI=1S/C49H74O4/c1-36(2)20-13-21-37(3)22-14-23-38(4)24-15-25-39(5)26-16-27-40(6)28-17-29-41(7)30-18-31-42(8)32-19-33-43(9)34-35-45-44(10)46(50)48(52-11)49(53-12)47(45)51/h20,22,24,26,28,30,32,34H,13-19,21,23,25,27,29,31,33,35H2,1-12H3. The van der Waals surface area contributed by atoms with Crippen LogP contribution in [-0.2, 0) is 19.1 Å². The first-order valence-corrected chi connectivity index (χ1v) is 20.0. The summed E-state index contributed by atoms with van der Waals surface area (Å²) in [5.74, 6) is -0.571. The molecule has 0 amide bonds. The summed E-state index contributed by atoms with van der Waals surface area (Å²) in [6.07, 6.45) is 34.7. The van der Waals surface area contributed by atoms with E-state index in [0.29, 0.717) is 17.6 Å². The van der Waals surface area contributed by atoms with Gasteiger partial charge in [0.05, 0.1) is 14.2 Å². The van der Waals surface area contributed by atoms with Crippen LogP contribution in [0.3, 0.4) is 0 Å². The van der Waals surface area contributed by atoms with E-state index in [2.05, 4.69) is 111 Å². The molecule has 1 aliphatic carbocycles. The Morgan fingerprint density at radius 2 is 0.679 bits per heavy atom. The van der Waals surface area contributed by atoms with Crippen molar-refractivity contribution in [3.63, 3.8) is 0 Å². The molecular formula is C49H74O4. The van der Waals surface area contributed by atoms with Gasteiger partial charge in [0.2, 0.25) is 23.1 Å². The van der Waals surface area contributed by atoms with Crippen LogP contribution in [0.25, 0.3) is 0 Å². The maximum Gasteiger partial charge on any atom is 0.228 e. The van der Waals surface area contributed by atoms with Gasteiger partial charge in [-0.15, -0.1) is 0 Å². The summed E-state index contributed by atoms with van der Waals surface area (Å²) in [4.78, 5) is 25.5. The summed E-state index contributed by atoms with van der Waals surface area (Å²) in [6, 6.07) is 0. The van der Waals surface area contributed by atoms with Crippen molar-refractivity contribution in [2.24, 2.45) is 0 Å². The molecule has 0 radical (unpaired) electrons. The van der Waals surface area contributed by atoms with Crippen molar-refractivity contribution >= 4 is 11.6 Å². The number of carbonyl (C=O) groups is 2. The molecule has 0 spiro atoms. The van der Waals surface area contributed by atoms with Gasteiger partial charge in [0.1, 0.15) is 0 Å². The van der Waals surface area contributed by atoms with Crippen molar-refractivity contribution in [2.45, 2.75) is 166 Å². The molecule has 1 rings (SSSR count). The lowest BCUT2D eigenvalue weighted by atomic mass is 9.90. The van der Waals surface area contributed by atoms with Crippen molar-refractivity contribution in [1.82, 2.24) is 0 Å². The quantitative estimate of drug-likeness (QED) is 0.0694. The molecule has 0 N–H and O–H groups in total. The minimum Gasteiger partial charge on any atom is -0.489 e. The fourth-order valence-electron chi connectivity index (χ4n) is 6.29. The summed E-state index contributed by atoms with van der Waals surface area (Å²) >= 11 is 0. The van der Waals surface area contributed by atoms with Crippen molar-refractivity contribution in [3.05, 3.63) is 116 Å². The molecule has 4 heteroatoms. The van der Waals surface area contributed by atoms with Crippen molar-refractivity contribution < 1.29 is 19.1 Å². The number of methoxy groups -OCH3 is 2. The Labute approximate surface area is 325 Å². The molecule has 0 aromatic rings. The summed E-state index contributed by atoms with van der Waals surface area (Å²) < 4.78 is 10.3. The van der Waals surface area contributed by atoms with Gasteiger partial charge in [-0.2, -0.15) is 0 Å². The zero-order chi connectivity index (χ0) is 39.8. The number of hydrogen-bond acceptors (Lipinski definition) is 4. The molecule has 4 nitrogen and oxygen atoms in total. The van der Waals surface area contributed by atoms with Gasteiger partial charge in [0.15, 0.2) is 0 Å². The zero-order valence-electron chi connectivity index (χ0n) is 35.9. The zero-order valence-corrected chi connectivity index (χ0v) is 35.9. The lowest BCUT2D eigenvalue weighted by Crippen LogP contribution is -2.24. The number of allylic oxidation sites excluding steroid dienone is 18. The molecule has 0 atom stereocenters. The number of carbonyl (C=O) groups excluding carboxylic acids is 2. The van der Waals surface area contributed by atoms with Crippen LogP contribution in [0.2, 0.25) is 0 Å². The largest absolute Gasteiger partial charge is 0.489 e. The first kappa shape index (κ1) is 47.4. The van der Waals surface area contributed by atoms with E-state index in [1.807, 2.05) is 0 Å². The lowest BCUT2D eigenvalue weighted by molar-refractivity contribution is -0.121. The number of ketones is 2. The Morgan fingerprint density at radius 1 is 0.415 bits per heavy atom. The van der Waals surface area contributed by atoms with Crippen LogP contribution in [0.5, 0.6) is 0 Å². The Bertz CT molecular complexity index is 1520. The number of ether oxygens (including phenoxy) is 2. The topological polar surface area (TPSA) is 52.6 Å². The van der Waals surface area contributed by atoms with Gasteiger partial charge >= 0.3 is 0 Å². The molecule has 53 heavy (non-hydrogen) atoms. The van der Waals surface area contributed by atoms with Gasteiger partial charge in [0, 0.05) is 11.1 Å². The predicted molar refractivity (Wildman–Crippen MR) is 229 cm³/mol. The van der Waals surface area contributed by atoms with Crippen molar-refractivity contribution in [2.75, 3.05) is 14.2 Å². The third-order valence-electron chi connectivity index (χ3n) is 10.0. The molecule has 0 aromatic heterocycles. The Hall–Kier alpha value is -3.66. The average molecular weight is 727 g/mol. The Kier molecular flexibility index (Phi) is 24.1. The Morgan fingerprint density at radius 3 is 0.962 bits per heavy atom. The third kappa shape index (κ3) is 20.4. The summed E-state index contributed by atoms with van der Waals surface area (Å²) in [7, 11) is 2.77. The van der Waals surface area contributed by atoms with Crippen molar-refractivity contribution in [3.8, 4) is 0 Å². The molecule has 0 bridgehead atoms. The van der Waals surface area contributed by atoms with E-state index in [1.165, 1.54) is 71.6 Å². The fourth-order valence-corrected chi connectivity index (χ4v) is 6.29. The van der Waals surface area contributed by atoms with Gasteiger partial charge < -0.3 is 9.47 Å². The molecule has 0 aliphatic heterocycles. The normalized spacial score (nSPS) is 15.9. The Balaban J connectivity index is 2.34. The minimum atomic E-state index is -0.283. The van der Waals surface area contributed by atoms with Crippen LogP contribution in [0, 0.1) is 0 Å². The van der Waals surface area contributed by atoms with Crippen LogP contribution < -0.4 is 0 Å². The minimum absolute atomic E-state index is 0.00640. The second kappa shape index (κ2) is 27.0. The highest BCUT2D eigenvalue weighted by atomic mass is 16.5. The summed E-state index contributed by atoms with van der Waals surface area (Å²) in [5, 5.41) is 0. The average Bonchev–Trinajstić information content (AvgIpc) is 3.09. The van der Waals surface area contributed by atoms with E-state index in [-0.39, 0.29) is 23.1 Å². The third-order valence-corrected chi connectivity index (χ3v) is 10.0. The van der Waals surface area contributed by atoms with Crippen LogP contribution in [0.1, 0.15) is 166 Å². The maximum atomic E-state index is 12.9. The first-order valence-electron chi connectivity index (χ1n) is 20.0. The summed E-state index contributed by atoms with van der Waals surface area (Å²) in [5.41, 5.74) is 12.4. The fraction of sp³-hybridized carbons (Fsp3) is 0.551. The highest BCUT2D eigenvalue weighted by Gasteiger charge is 2.34. The van der Waals surface area contributed by atoms with Crippen LogP contribution >= 0.6 is 0 Å². The molecule has 0 heterocycles. The van der Waals surface area contributed by atoms with Crippen LogP contribution in [0.15, 0.2) is 116 Å². The SMILES string of the molecule is COC1=C(OC)C(=O)C(CC=C(C)CCC=C(C)CCC=C(C)CCC=C(C)CCC=C(C)CCC=C(C)CCC=C(C)CCC=C(C)C)=C(C)C1=O. The molecule has 0 saturated heterocycles. The van der Waals surface area contributed by atoms with Gasteiger partial charge in [-0.1, -0.05) is 93.2 Å². The molecule has 0 fully saturated rings. The van der Waals surface area contributed by atoms with Gasteiger partial charge in [-0.3, -0.25) is 9.59 Å². The molecule has 0 unspecified atom stereocenters. The highest BCUT2D eigenvalue weighted by Crippen LogP contribution is 2.28. The smallest absolute Gasteiger partial charge is 0.228 e. The number of Topliss-reactive ketones (excluding diaryl/α,β-unsaturated/α-hetero) is 2. The van der Waals surface area contributed by atoms with E-state index in [9.17, 15) is 9.59 Å². The van der Waals surface area contributed by atoms with E-state index in [1.54, 1.807) is 6.92 Å². The van der Waals surface area contributed by atoms with Gasteiger partial charge in [0.25, 0.3) is 0 Å². The highest BCUT2D eigenvalue weighted by molar-refractivity contribution is 6.23. The van der Waals surface area contributed by atoms with E-state index in [0.717, 1.165) is 77.0 Å². The number of hydrogen-bond donors (Lipinski definition) is 0. The monoisotopic (exact) mass is 727 g/mol. The van der Waals surface area contributed by atoms with Crippen LogP contribution in [-0.4, -0.2) is 25.8 Å². The molecular weight excluding hydrogens is 653 g/mol. The second-order valence-electron chi connectivity index (χ2n) is 15.4. The summed E-state index contributed by atoms with van der Waals surface area (Å²) in [6.45, 7) is 21.7. The molecule has 294 valence electrons. The molecule has 1 aliphatic rings. The van der Waals surface area contributed by atoms with E-state index < -0.39 is 0 Å². The predicted octanol–water partition coefficient (Wildman–Crippen LogP) is 14.4. The van der Waals surface area contributed by atoms with Gasteiger partial charge in [-0.25, -0.2) is 0 Å². The number of rotatable bonds is 25. The van der Waals surface area contributed by atoms with E-state index >= 15 is 0 Å². The first-order chi connectivity index (χ1) is 25.2. The lowest BCUT2D eigenvalue weighted by Gasteiger charge is -2.19. The maximum absolute atomic E-state index is 12.9. The molecule has 0 saturated carbocycles. The second-order valence-corrected chi connectivity index (χ2v) is 15.4. The molecule has 0 aromatic carbocycles. The van der Waals surface area contributed by atoms with E-state index in [4.69, 9.17) is 9.47 Å².